The number of aromatic nitrogens is 6. The standard InChI is InChI=1S/C13H9F3N6/c14-13(15,16)9-3-1-8(2-4-9)5-11-10(6-17-7-18-11)12-19-21-22-20-12/h1-4,6-7H,5H2,(H,19,20,21,22). The molecule has 0 aliphatic carbocycles. The van der Waals surface area contributed by atoms with E-state index in [0.29, 0.717) is 29.1 Å². The van der Waals surface area contributed by atoms with Crippen molar-refractivity contribution in [3.63, 3.8) is 0 Å². The summed E-state index contributed by atoms with van der Waals surface area (Å²) < 4.78 is 37.6. The molecule has 0 unspecified atom stereocenters. The predicted octanol–water partition coefficient (Wildman–Crippen LogP) is 2.27. The van der Waals surface area contributed by atoms with E-state index in [1.807, 2.05) is 0 Å². The molecule has 3 rings (SSSR count). The van der Waals surface area contributed by atoms with Gasteiger partial charge in [-0.15, -0.1) is 10.2 Å². The molecule has 0 saturated carbocycles. The van der Waals surface area contributed by atoms with Gasteiger partial charge < -0.3 is 0 Å². The Morgan fingerprint density at radius 3 is 2.50 bits per heavy atom. The van der Waals surface area contributed by atoms with Gasteiger partial charge in [0, 0.05) is 12.6 Å². The summed E-state index contributed by atoms with van der Waals surface area (Å²) >= 11 is 0. The third kappa shape index (κ3) is 2.92. The number of alkyl halides is 3. The molecule has 0 aliphatic heterocycles. The van der Waals surface area contributed by atoms with Crippen LogP contribution in [-0.2, 0) is 12.6 Å². The van der Waals surface area contributed by atoms with Gasteiger partial charge in [-0.05, 0) is 22.9 Å². The SMILES string of the molecule is FC(F)(F)c1ccc(Cc2ncncc2-c2nn[nH]n2)cc1. The minimum absolute atomic E-state index is 0.336. The lowest BCUT2D eigenvalue weighted by Crippen LogP contribution is -2.05. The second-order valence-corrected chi connectivity index (χ2v) is 4.49. The van der Waals surface area contributed by atoms with Crippen molar-refractivity contribution in [2.75, 3.05) is 0 Å². The minimum Gasteiger partial charge on any atom is -0.244 e. The highest BCUT2D eigenvalue weighted by atomic mass is 19.4. The van der Waals surface area contributed by atoms with Crippen molar-refractivity contribution in [1.29, 1.82) is 0 Å². The van der Waals surface area contributed by atoms with Gasteiger partial charge in [-0.2, -0.15) is 18.4 Å². The summed E-state index contributed by atoms with van der Waals surface area (Å²) in [7, 11) is 0. The zero-order valence-electron chi connectivity index (χ0n) is 11.0. The van der Waals surface area contributed by atoms with Crippen molar-refractivity contribution in [3.8, 4) is 11.4 Å². The van der Waals surface area contributed by atoms with E-state index in [1.165, 1.54) is 24.7 Å². The molecule has 1 aromatic carbocycles. The highest BCUT2D eigenvalue weighted by molar-refractivity contribution is 5.56. The molecule has 0 amide bonds. The smallest absolute Gasteiger partial charge is 0.244 e. The number of hydrogen-bond donors (Lipinski definition) is 1. The summed E-state index contributed by atoms with van der Waals surface area (Å²) in [4.78, 5) is 8.05. The number of aromatic amines is 1. The van der Waals surface area contributed by atoms with Gasteiger partial charge >= 0.3 is 6.18 Å². The van der Waals surface area contributed by atoms with Gasteiger partial charge in [0.1, 0.15) is 6.33 Å². The van der Waals surface area contributed by atoms with Crippen molar-refractivity contribution in [1.82, 2.24) is 30.6 Å². The maximum Gasteiger partial charge on any atom is 0.416 e. The van der Waals surface area contributed by atoms with Gasteiger partial charge in [-0.3, -0.25) is 0 Å². The van der Waals surface area contributed by atoms with Crippen LogP contribution in [0.5, 0.6) is 0 Å². The molecule has 3 aromatic rings. The van der Waals surface area contributed by atoms with E-state index in [-0.39, 0.29) is 0 Å². The minimum atomic E-state index is -4.34. The molecule has 2 heterocycles. The van der Waals surface area contributed by atoms with Crippen LogP contribution in [-0.4, -0.2) is 30.6 Å². The van der Waals surface area contributed by atoms with Crippen LogP contribution in [0.2, 0.25) is 0 Å². The number of hydrogen-bond acceptors (Lipinski definition) is 5. The maximum atomic E-state index is 12.5. The number of tetrazole rings is 1. The number of halogens is 3. The van der Waals surface area contributed by atoms with Crippen LogP contribution in [0.15, 0.2) is 36.8 Å². The average Bonchev–Trinajstić information content (AvgIpc) is 3.01. The molecule has 0 atom stereocenters. The Morgan fingerprint density at radius 2 is 1.86 bits per heavy atom. The first-order valence-corrected chi connectivity index (χ1v) is 6.23. The van der Waals surface area contributed by atoms with Crippen LogP contribution in [0.1, 0.15) is 16.8 Å². The Bertz CT molecular complexity index is 752. The average molecular weight is 306 g/mol. The van der Waals surface area contributed by atoms with Crippen molar-refractivity contribution < 1.29 is 13.2 Å². The number of H-pyrrole nitrogens is 1. The summed E-state index contributed by atoms with van der Waals surface area (Å²) in [5.41, 5.74) is 1.20. The molecule has 2 aromatic heterocycles. The fourth-order valence-electron chi connectivity index (χ4n) is 1.96. The number of nitrogens with one attached hydrogen (secondary N) is 1. The fourth-order valence-corrected chi connectivity index (χ4v) is 1.96. The normalized spacial score (nSPS) is 11.6. The van der Waals surface area contributed by atoms with E-state index in [9.17, 15) is 13.2 Å². The Morgan fingerprint density at radius 1 is 1.09 bits per heavy atom. The molecule has 1 N–H and O–H groups in total. The molecule has 112 valence electrons. The first-order valence-electron chi connectivity index (χ1n) is 6.23. The Labute approximate surface area is 122 Å². The summed E-state index contributed by atoms with van der Waals surface area (Å²) in [5.74, 6) is 0.336. The Kier molecular flexibility index (Phi) is 3.53. The van der Waals surface area contributed by atoms with Crippen molar-refractivity contribution >= 4 is 0 Å². The Balaban J connectivity index is 1.88. The topological polar surface area (TPSA) is 80.2 Å². The lowest BCUT2D eigenvalue weighted by molar-refractivity contribution is -0.137. The highest BCUT2D eigenvalue weighted by Gasteiger charge is 2.29. The van der Waals surface area contributed by atoms with E-state index in [0.717, 1.165) is 12.1 Å². The zero-order chi connectivity index (χ0) is 15.6. The molecular formula is C13H9F3N6. The van der Waals surface area contributed by atoms with Crippen LogP contribution in [0.25, 0.3) is 11.4 Å². The van der Waals surface area contributed by atoms with E-state index < -0.39 is 11.7 Å². The van der Waals surface area contributed by atoms with E-state index in [4.69, 9.17) is 0 Å². The molecule has 0 bridgehead atoms. The first kappa shape index (κ1) is 14.1. The highest BCUT2D eigenvalue weighted by Crippen LogP contribution is 2.29. The third-order valence-electron chi connectivity index (χ3n) is 3.03. The summed E-state index contributed by atoms with van der Waals surface area (Å²) in [6, 6.07) is 4.94. The van der Waals surface area contributed by atoms with Gasteiger partial charge in [0.05, 0.1) is 16.8 Å². The van der Waals surface area contributed by atoms with Gasteiger partial charge in [0.15, 0.2) is 0 Å². The van der Waals surface area contributed by atoms with E-state index in [2.05, 4.69) is 30.6 Å². The fraction of sp³-hybridized carbons (Fsp3) is 0.154. The predicted molar refractivity (Wildman–Crippen MR) is 69.5 cm³/mol. The van der Waals surface area contributed by atoms with E-state index in [1.54, 1.807) is 0 Å². The first-order chi connectivity index (χ1) is 10.5. The van der Waals surface area contributed by atoms with Gasteiger partial charge in [0.25, 0.3) is 0 Å². The number of nitrogens with zero attached hydrogens (tertiary/aromatic N) is 5. The summed E-state index contributed by atoms with van der Waals surface area (Å²) in [5, 5.41) is 13.5. The van der Waals surface area contributed by atoms with Crippen molar-refractivity contribution in [2.45, 2.75) is 12.6 Å². The van der Waals surface area contributed by atoms with Crippen LogP contribution in [0.3, 0.4) is 0 Å². The largest absolute Gasteiger partial charge is 0.416 e. The molecule has 9 heteroatoms. The lowest BCUT2D eigenvalue weighted by atomic mass is 10.0. The Hall–Kier alpha value is -2.84. The van der Waals surface area contributed by atoms with Gasteiger partial charge in [-0.25, -0.2) is 9.97 Å². The summed E-state index contributed by atoms with van der Waals surface area (Å²) in [6.45, 7) is 0. The summed E-state index contributed by atoms with van der Waals surface area (Å²) in [6.07, 6.45) is -1.10. The lowest BCUT2D eigenvalue weighted by Gasteiger charge is -2.08. The molecule has 0 spiro atoms. The zero-order valence-corrected chi connectivity index (χ0v) is 11.0. The van der Waals surface area contributed by atoms with Crippen LogP contribution in [0.4, 0.5) is 13.2 Å². The number of benzene rings is 1. The van der Waals surface area contributed by atoms with Crippen molar-refractivity contribution in [2.24, 2.45) is 0 Å². The second kappa shape index (κ2) is 5.51. The van der Waals surface area contributed by atoms with Gasteiger partial charge in [-0.1, -0.05) is 12.1 Å². The van der Waals surface area contributed by atoms with Crippen LogP contribution < -0.4 is 0 Å². The van der Waals surface area contributed by atoms with E-state index >= 15 is 0 Å². The molecule has 6 nitrogen and oxygen atoms in total. The molecule has 0 saturated heterocycles. The molecule has 0 fully saturated rings. The molecule has 0 radical (unpaired) electrons. The quantitative estimate of drug-likeness (QED) is 0.803. The third-order valence-corrected chi connectivity index (χ3v) is 3.03. The monoisotopic (exact) mass is 306 g/mol. The van der Waals surface area contributed by atoms with Crippen LogP contribution in [0, 0.1) is 0 Å². The molecular weight excluding hydrogens is 297 g/mol. The maximum absolute atomic E-state index is 12.5. The van der Waals surface area contributed by atoms with Gasteiger partial charge in [0.2, 0.25) is 5.82 Å². The molecule has 22 heavy (non-hydrogen) atoms. The van der Waals surface area contributed by atoms with Crippen LogP contribution >= 0.6 is 0 Å². The van der Waals surface area contributed by atoms with Crippen molar-refractivity contribution in [3.05, 3.63) is 53.6 Å². The number of rotatable bonds is 3. The molecule has 0 aliphatic rings. The second-order valence-electron chi connectivity index (χ2n) is 4.49.